The first-order chi connectivity index (χ1) is 11.0. The van der Waals surface area contributed by atoms with Crippen LogP contribution in [0, 0.1) is 24.0 Å². The van der Waals surface area contributed by atoms with Crippen LogP contribution in [0.4, 0.5) is 10.8 Å². The lowest BCUT2D eigenvalue weighted by atomic mass is 10.1. The number of thiazole rings is 1. The molecule has 1 N–H and O–H groups in total. The predicted octanol–water partition coefficient (Wildman–Crippen LogP) is 3.13. The Balaban J connectivity index is 2.28. The van der Waals surface area contributed by atoms with E-state index < -0.39 is 4.92 Å². The molecule has 122 valence electrons. The van der Waals surface area contributed by atoms with Gasteiger partial charge in [0, 0.05) is 22.6 Å². The molecule has 9 heteroatoms. The minimum Gasteiger partial charge on any atom is -0.496 e. The summed E-state index contributed by atoms with van der Waals surface area (Å²) in [6.45, 7) is 3.88. The van der Waals surface area contributed by atoms with E-state index in [0.717, 1.165) is 10.6 Å². The molecule has 0 aliphatic carbocycles. The molecule has 0 radical (unpaired) electrons. The number of ether oxygens (including phenoxy) is 2. The molecule has 0 bridgehead atoms. The van der Waals surface area contributed by atoms with Crippen molar-refractivity contribution < 1.29 is 14.4 Å². The van der Waals surface area contributed by atoms with Crippen molar-refractivity contribution >= 4 is 28.4 Å². The third-order valence-electron chi connectivity index (χ3n) is 3.12. The zero-order valence-corrected chi connectivity index (χ0v) is 13.9. The van der Waals surface area contributed by atoms with Gasteiger partial charge in [0.2, 0.25) is 10.9 Å². The first-order valence-corrected chi connectivity index (χ1v) is 7.41. The number of aryl methyl sites for hydroxylation is 2. The molecular formula is C14H16N4O4S. The van der Waals surface area contributed by atoms with Gasteiger partial charge in [-0.3, -0.25) is 15.5 Å². The fourth-order valence-electron chi connectivity index (χ4n) is 1.83. The maximum Gasteiger partial charge on any atom is 0.311 e. The number of hydrazone groups is 1. The van der Waals surface area contributed by atoms with Gasteiger partial charge in [-0.1, -0.05) is 0 Å². The highest BCUT2D eigenvalue weighted by Gasteiger charge is 2.18. The summed E-state index contributed by atoms with van der Waals surface area (Å²) < 4.78 is 10.2. The van der Waals surface area contributed by atoms with E-state index in [1.807, 2.05) is 13.8 Å². The predicted molar refractivity (Wildman–Crippen MR) is 89.0 cm³/mol. The average molecular weight is 336 g/mol. The fraction of sp³-hybridized carbons (Fsp3) is 0.286. The van der Waals surface area contributed by atoms with Crippen LogP contribution in [-0.4, -0.2) is 30.3 Å². The minimum atomic E-state index is -0.517. The minimum absolute atomic E-state index is 0.128. The van der Waals surface area contributed by atoms with E-state index >= 15 is 0 Å². The van der Waals surface area contributed by atoms with E-state index in [0.29, 0.717) is 16.4 Å². The number of rotatable bonds is 6. The van der Waals surface area contributed by atoms with E-state index in [2.05, 4.69) is 15.5 Å². The van der Waals surface area contributed by atoms with Crippen molar-refractivity contribution in [1.82, 2.24) is 4.98 Å². The average Bonchev–Trinajstić information content (AvgIpc) is 2.84. The monoisotopic (exact) mass is 336 g/mol. The summed E-state index contributed by atoms with van der Waals surface area (Å²) >= 11 is 1.48. The highest BCUT2D eigenvalue weighted by Crippen LogP contribution is 2.33. The molecule has 2 aromatic rings. The zero-order chi connectivity index (χ0) is 17.0. The standard InChI is InChI=1S/C14H16N4O4S/c1-8-9(2)23-14(16-8)17-15-7-10-5-11(18(19)20)13(22-4)6-12(10)21-3/h5-7H,1-4H3,(H,16,17)/b15-7-. The van der Waals surface area contributed by atoms with Gasteiger partial charge in [0.15, 0.2) is 0 Å². The van der Waals surface area contributed by atoms with Crippen LogP contribution in [0.25, 0.3) is 0 Å². The number of hydrogen-bond acceptors (Lipinski definition) is 8. The summed E-state index contributed by atoms with van der Waals surface area (Å²) in [4.78, 5) is 16.0. The second-order valence-corrected chi connectivity index (χ2v) is 5.76. The van der Waals surface area contributed by atoms with Crippen LogP contribution in [0.2, 0.25) is 0 Å². The van der Waals surface area contributed by atoms with Crippen LogP contribution in [0.3, 0.4) is 0 Å². The highest BCUT2D eigenvalue weighted by molar-refractivity contribution is 7.15. The number of nitrogens with one attached hydrogen (secondary N) is 1. The smallest absolute Gasteiger partial charge is 0.311 e. The Morgan fingerprint density at radius 2 is 2.00 bits per heavy atom. The molecule has 1 aromatic heterocycles. The molecule has 0 aliphatic heterocycles. The van der Waals surface area contributed by atoms with Crippen molar-refractivity contribution in [3.63, 3.8) is 0 Å². The maximum absolute atomic E-state index is 11.1. The van der Waals surface area contributed by atoms with Gasteiger partial charge in [-0.25, -0.2) is 4.98 Å². The Hall–Kier alpha value is -2.68. The van der Waals surface area contributed by atoms with Crippen molar-refractivity contribution in [2.45, 2.75) is 13.8 Å². The lowest BCUT2D eigenvalue weighted by molar-refractivity contribution is -0.385. The number of anilines is 1. The first-order valence-electron chi connectivity index (χ1n) is 6.59. The second-order valence-electron chi connectivity index (χ2n) is 4.55. The van der Waals surface area contributed by atoms with Crippen LogP contribution in [0.1, 0.15) is 16.1 Å². The normalized spacial score (nSPS) is 10.8. The Labute approximate surface area is 136 Å². The zero-order valence-electron chi connectivity index (χ0n) is 13.1. The molecule has 23 heavy (non-hydrogen) atoms. The molecule has 0 spiro atoms. The number of benzene rings is 1. The van der Waals surface area contributed by atoms with Gasteiger partial charge in [-0.2, -0.15) is 5.10 Å². The van der Waals surface area contributed by atoms with Crippen LogP contribution >= 0.6 is 11.3 Å². The topological polar surface area (TPSA) is 98.9 Å². The molecule has 0 fully saturated rings. The second kappa shape index (κ2) is 7.05. The highest BCUT2D eigenvalue weighted by atomic mass is 32.1. The molecule has 1 aromatic carbocycles. The summed E-state index contributed by atoms with van der Waals surface area (Å²) in [6, 6.07) is 2.80. The summed E-state index contributed by atoms with van der Waals surface area (Å²) in [5, 5.41) is 15.8. The molecule has 1 heterocycles. The summed E-state index contributed by atoms with van der Waals surface area (Å²) in [5.41, 5.74) is 4.04. The largest absolute Gasteiger partial charge is 0.496 e. The molecule has 0 saturated carbocycles. The van der Waals surface area contributed by atoms with Crippen LogP contribution < -0.4 is 14.9 Å². The van der Waals surface area contributed by atoms with Gasteiger partial charge in [0.25, 0.3) is 0 Å². The van der Waals surface area contributed by atoms with Gasteiger partial charge in [-0.15, -0.1) is 11.3 Å². The number of hydrogen-bond donors (Lipinski definition) is 1. The number of aromatic nitrogens is 1. The fourth-order valence-corrected chi connectivity index (χ4v) is 2.59. The van der Waals surface area contributed by atoms with Crippen molar-refractivity contribution in [2.24, 2.45) is 5.10 Å². The molecule has 0 atom stereocenters. The number of nitro groups is 1. The van der Waals surface area contributed by atoms with Crippen LogP contribution in [0.5, 0.6) is 11.5 Å². The van der Waals surface area contributed by atoms with E-state index in [4.69, 9.17) is 9.47 Å². The molecular weight excluding hydrogens is 320 g/mol. The lowest BCUT2D eigenvalue weighted by Crippen LogP contribution is -1.99. The van der Waals surface area contributed by atoms with E-state index in [9.17, 15) is 10.1 Å². The summed E-state index contributed by atoms with van der Waals surface area (Å²) in [6.07, 6.45) is 1.44. The van der Waals surface area contributed by atoms with Gasteiger partial charge < -0.3 is 9.47 Å². The van der Waals surface area contributed by atoms with Gasteiger partial charge in [0.05, 0.1) is 31.1 Å². The van der Waals surface area contributed by atoms with E-state index in [-0.39, 0.29) is 11.4 Å². The van der Waals surface area contributed by atoms with Crippen molar-refractivity contribution in [3.8, 4) is 11.5 Å². The maximum atomic E-state index is 11.1. The molecule has 0 unspecified atom stereocenters. The number of methoxy groups -OCH3 is 2. The first kappa shape index (κ1) is 16.7. The lowest BCUT2D eigenvalue weighted by Gasteiger charge is -2.08. The third kappa shape index (κ3) is 3.75. The number of nitrogens with zero attached hydrogens (tertiary/aromatic N) is 3. The van der Waals surface area contributed by atoms with Crippen molar-refractivity contribution in [1.29, 1.82) is 0 Å². The quantitative estimate of drug-likeness (QED) is 0.494. The SMILES string of the molecule is COc1cc(OC)c([N+](=O)[O-])cc1/C=N\Nc1nc(C)c(C)s1. The summed E-state index contributed by atoms with van der Waals surface area (Å²) in [5.74, 6) is 0.549. The van der Waals surface area contributed by atoms with E-state index in [1.165, 1.54) is 43.9 Å². The molecule has 2 rings (SSSR count). The van der Waals surface area contributed by atoms with Gasteiger partial charge in [-0.05, 0) is 13.8 Å². The number of nitro benzene ring substituents is 1. The van der Waals surface area contributed by atoms with E-state index in [1.54, 1.807) is 0 Å². The van der Waals surface area contributed by atoms with Gasteiger partial charge in [0.1, 0.15) is 5.75 Å². The Morgan fingerprint density at radius 1 is 1.30 bits per heavy atom. The Bertz CT molecular complexity index is 738. The molecule has 8 nitrogen and oxygen atoms in total. The Morgan fingerprint density at radius 3 is 2.52 bits per heavy atom. The Kier molecular flexibility index (Phi) is 5.12. The van der Waals surface area contributed by atoms with Gasteiger partial charge >= 0.3 is 5.69 Å². The molecule has 0 saturated heterocycles. The molecule has 0 amide bonds. The third-order valence-corrected chi connectivity index (χ3v) is 4.10. The summed E-state index contributed by atoms with van der Waals surface area (Å²) in [7, 11) is 2.84. The van der Waals surface area contributed by atoms with Crippen LogP contribution in [-0.2, 0) is 0 Å². The van der Waals surface area contributed by atoms with Crippen LogP contribution in [0.15, 0.2) is 17.2 Å². The van der Waals surface area contributed by atoms with Crippen molar-refractivity contribution in [3.05, 3.63) is 38.4 Å². The van der Waals surface area contributed by atoms with Crippen molar-refractivity contribution in [2.75, 3.05) is 19.6 Å². The molecule has 0 aliphatic rings.